The topological polar surface area (TPSA) is 134 Å². The number of aromatic nitrogens is 2. The number of rotatable bonds is 8. The Morgan fingerprint density at radius 1 is 1.06 bits per heavy atom. The second kappa shape index (κ2) is 9.19. The molecule has 10 heteroatoms. The van der Waals surface area contributed by atoms with Crippen molar-refractivity contribution in [2.75, 3.05) is 32.2 Å². The van der Waals surface area contributed by atoms with Crippen LogP contribution in [0, 0.1) is 0 Å². The quantitative estimate of drug-likeness (QED) is 0.542. The molecular formula is C21H25N5O4S. The number of hydrogen-bond acceptors (Lipinski definition) is 8. The molecule has 31 heavy (non-hydrogen) atoms. The average Bonchev–Trinajstić information content (AvgIpc) is 2.70. The van der Waals surface area contributed by atoms with E-state index < -0.39 is 10.3 Å². The Morgan fingerprint density at radius 3 is 2.35 bits per heavy atom. The highest BCUT2D eigenvalue weighted by molar-refractivity contribution is 7.84. The molecule has 0 radical (unpaired) electrons. The fraction of sp³-hybridized carbons (Fsp3) is 0.238. The molecule has 0 bridgehead atoms. The van der Waals surface area contributed by atoms with E-state index in [1.807, 2.05) is 43.3 Å². The second-order valence-corrected chi connectivity index (χ2v) is 8.66. The monoisotopic (exact) mass is 443 g/mol. The van der Waals surface area contributed by atoms with Gasteiger partial charge in [-0.15, -0.1) is 0 Å². The number of benzene rings is 2. The second-order valence-electron chi connectivity index (χ2n) is 6.91. The summed E-state index contributed by atoms with van der Waals surface area (Å²) in [4.78, 5) is 7.96. The van der Waals surface area contributed by atoms with Gasteiger partial charge in [-0.25, -0.2) is 4.98 Å². The molecule has 4 N–H and O–H groups in total. The Kier molecular flexibility index (Phi) is 6.62. The van der Waals surface area contributed by atoms with E-state index in [1.54, 1.807) is 12.3 Å². The molecule has 0 fully saturated rings. The molecule has 164 valence electrons. The normalized spacial score (nSPS) is 11.5. The van der Waals surface area contributed by atoms with Crippen LogP contribution in [-0.2, 0) is 16.7 Å². The fourth-order valence-electron chi connectivity index (χ4n) is 2.95. The molecule has 0 aliphatic rings. The lowest BCUT2D eigenvalue weighted by molar-refractivity contribution is 0.340. The smallest absolute Gasteiger partial charge is 0.384 e. The SMILES string of the molecule is CCOc1cc(Cc2cnc(N)nc2N)cc(OS(=O)(=O)N(C)C)c1-c1ccccc1. The van der Waals surface area contributed by atoms with Crippen LogP contribution in [-0.4, -0.2) is 43.4 Å². The Morgan fingerprint density at radius 2 is 1.74 bits per heavy atom. The molecule has 0 atom stereocenters. The van der Waals surface area contributed by atoms with Gasteiger partial charge in [-0.2, -0.15) is 17.7 Å². The number of nitrogen functional groups attached to an aromatic ring is 2. The number of nitrogens with two attached hydrogens (primary N) is 2. The molecule has 2 aromatic carbocycles. The maximum atomic E-state index is 12.5. The summed E-state index contributed by atoms with van der Waals surface area (Å²) in [6.07, 6.45) is 1.87. The Balaban J connectivity index is 2.17. The van der Waals surface area contributed by atoms with Gasteiger partial charge in [-0.05, 0) is 30.2 Å². The minimum absolute atomic E-state index is 0.0804. The van der Waals surface area contributed by atoms with Crippen LogP contribution in [0.25, 0.3) is 11.1 Å². The van der Waals surface area contributed by atoms with E-state index in [0.717, 1.165) is 9.87 Å². The van der Waals surface area contributed by atoms with Gasteiger partial charge < -0.3 is 20.4 Å². The van der Waals surface area contributed by atoms with Gasteiger partial charge in [0, 0.05) is 32.3 Å². The van der Waals surface area contributed by atoms with E-state index in [0.29, 0.717) is 35.5 Å². The molecule has 9 nitrogen and oxygen atoms in total. The highest BCUT2D eigenvalue weighted by atomic mass is 32.2. The zero-order chi connectivity index (χ0) is 22.6. The molecule has 0 spiro atoms. The van der Waals surface area contributed by atoms with Crippen LogP contribution in [0.15, 0.2) is 48.7 Å². The van der Waals surface area contributed by atoms with Gasteiger partial charge in [0.25, 0.3) is 0 Å². The maximum absolute atomic E-state index is 12.5. The van der Waals surface area contributed by atoms with Gasteiger partial charge in [0.2, 0.25) is 5.95 Å². The molecular weight excluding hydrogens is 418 g/mol. The Hall–Kier alpha value is -3.37. The predicted molar refractivity (Wildman–Crippen MR) is 120 cm³/mol. The van der Waals surface area contributed by atoms with E-state index in [1.165, 1.54) is 14.1 Å². The van der Waals surface area contributed by atoms with Crippen LogP contribution < -0.4 is 20.4 Å². The summed E-state index contributed by atoms with van der Waals surface area (Å²) < 4.78 is 37.4. The summed E-state index contributed by atoms with van der Waals surface area (Å²) in [5.74, 6) is 0.971. The minimum Gasteiger partial charge on any atom is -0.493 e. The third-order valence-corrected chi connectivity index (χ3v) is 5.73. The lowest BCUT2D eigenvalue weighted by Gasteiger charge is -2.19. The Labute approximate surface area is 181 Å². The van der Waals surface area contributed by atoms with Crippen LogP contribution in [0.2, 0.25) is 0 Å². The summed E-state index contributed by atoms with van der Waals surface area (Å²) in [5.41, 5.74) is 14.2. The van der Waals surface area contributed by atoms with Crippen molar-refractivity contribution in [1.29, 1.82) is 0 Å². The van der Waals surface area contributed by atoms with E-state index in [4.69, 9.17) is 20.4 Å². The Bertz CT molecular complexity index is 1170. The summed E-state index contributed by atoms with van der Waals surface area (Å²) in [5, 5.41) is 0. The molecule has 3 aromatic rings. The van der Waals surface area contributed by atoms with Gasteiger partial charge in [0.1, 0.15) is 11.6 Å². The average molecular weight is 444 g/mol. The molecule has 0 saturated heterocycles. The molecule has 0 aliphatic heterocycles. The van der Waals surface area contributed by atoms with Crippen LogP contribution >= 0.6 is 0 Å². The summed E-state index contributed by atoms with van der Waals surface area (Å²) in [6, 6.07) is 12.8. The zero-order valence-corrected chi connectivity index (χ0v) is 18.4. The molecule has 3 rings (SSSR count). The van der Waals surface area contributed by atoms with Gasteiger partial charge in [-0.1, -0.05) is 30.3 Å². The van der Waals surface area contributed by atoms with E-state index >= 15 is 0 Å². The summed E-state index contributed by atoms with van der Waals surface area (Å²) in [6.45, 7) is 2.24. The first-order valence-electron chi connectivity index (χ1n) is 9.55. The van der Waals surface area contributed by atoms with Crippen molar-refractivity contribution in [2.24, 2.45) is 0 Å². The number of hydrogen-bond donors (Lipinski definition) is 2. The zero-order valence-electron chi connectivity index (χ0n) is 17.6. The lowest BCUT2D eigenvalue weighted by atomic mass is 9.98. The minimum atomic E-state index is -4.00. The van der Waals surface area contributed by atoms with Crippen LogP contribution in [0.4, 0.5) is 11.8 Å². The molecule has 0 saturated carbocycles. The van der Waals surface area contributed by atoms with Crippen LogP contribution in [0.5, 0.6) is 11.5 Å². The van der Waals surface area contributed by atoms with Gasteiger partial charge in [-0.3, -0.25) is 0 Å². The molecule has 0 unspecified atom stereocenters. The maximum Gasteiger partial charge on any atom is 0.384 e. The van der Waals surface area contributed by atoms with Crippen molar-refractivity contribution in [1.82, 2.24) is 14.3 Å². The van der Waals surface area contributed by atoms with Crippen LogP contribution in [0.1, 0.15) is 18.1 Å². The molecule has 0 aliphatic carbocycles. The predicted octanol–water partition coefficient (Wildman–Crippen LogP) is 2.48. The van der Waals surface area contributed by atoms with Crippen LogP contribution in [0.3, 0.4) is 0 Å². The molecule has 0 amide bonds. The lowest BCUT2D eigenvalue weighted by Crippen LogP contribution is -2.27. The van der Waals surface area contributed by atoms with E-state index in [9.17, 15) is 8.42 Å². The van der Waals surface area contributed by atoms with E-state index in [-0.39, 0.29) is 17.5 Å². The van der Waals surface area contributed by atoms with Gasteiger partial charge in [0.05, 0.1) is 12.2 Å². The van der Waals surface area contributed by atoms with Crippen molar-refractivity contribution in [3.8, 4) is 22.6 Å². The first kappa shape index (κ1) is 22.3. The fourth-order valence-corrected chi connectivity index (χ4v) is 3.46. The van der Waals surface area contributed by atoms with Crippen molar-refractivity contribution in [3.63, 3.8) is 0 Å². The van der Waals surface area contributed by atoms with Gasteiger partial charge >= 0.3 is 10.3 Å². The highest BCUT2D eigenvalue weighted by Crippen LogP contribution is 2.41. The number of ether oxygens (including phenoxy) is 1. The standard InChI is InChI=1S/C21H25N5O4S/c1-4-29-17-11-14(10-16-13-24-21(23)25-20(16)22)12-18(30-31(27,28)26(2)3)19(17)15-8-6-5-7-9-15/h5-9,11-13H,4,10H2,1-3H3,(H4,22,23,24,25). The summed E-state index contributed by atoms with van der Waals surface area (Å²) >= 11 is 0. The van der Waals surface area contributed by atoms with E-state index in [2.05, 4.69) is 9.97 Å². The first-order chi connectivity index (χ1) is 14.7. The van der Waals surface area contributed by atoms with Crippen molar-refractivity contribution in [2.45, 2.75) is 13.3 Å². The number of nitrogens with zero attached hydrogens (tertiary/aromatic N) is 3. The highest BCUT2D eigenvalue weighted by Gasteiger charge is 2.23. The molecule has 1 aromatic heterocycles. The van der Waals surface area contributed by atoms with Gasteiger partial charge in [0.15, 0.2) is 5.75 Å². The van der Waals surface area contributed by atoms with Crippen molar-refractivity contribution in [3.05, 3.63) is 59.8 Å². The third kappa shape index (κ3) is 5.22. The molecule has 1 heterocycles. The van der Waals surface area contributed by atoms with Crippen molar-refractivity contribution >= 4 is 22.1 Å². The number of anilines is 2. The largest absolute Gasteiger partial charge is 0.493 e. The first-order valence-corrected chi connectivity index (χ1v) is 10.9. The van der Waals surface area contributed by atoms with Crippen molar-refractivity contribution < 1.29 is 17.3 Å². The third-order valence-electron chi connectivity index (χ3n) is 4.44. The summed E-state index contributed by atoms with van der Waals surface area (Å²) in [7, 11) is -1.20.